The number of carboxylic acids is 1. The van der Waals surface area contributed by atoms with Crippen LogP contribution in [0.2, 0.25) is 0 Å². The maximum Gasteiger partial charge on any atom is 0.330 e. The van der Waals surface area contributed by atoms with E-state index in [1.54, 1.807) is 6.92 Å². The van der Waals surface area contributed by atoms with E-state index >= 15 is 0 Å². The predicted octanol–water partition coefficient (Wildman–Crippen LogP) is 7.07. The van der Waals surface area contributed by atoms with E-state index in [0.717, 1.165) is 38.5 Å². The smallest absolute Gasteiger partial charge is 0.330 e. The lowest BCUT2D eigenvalue weighted by atomic mass is 9.44. The Morgan fingerprint density at radius 1 is 1.14 bits per heavy atom. The van der Waals surface area contributed by atoms with Gasteiger partial charge in [-0.3, -0.25) is 9.59 Å². The molecule has 0 aromatic heterocycles. The number of aliphatic carboxylic acids is 1. The SMILES string of the molecule is CC(=O)O[C@@H]1C[C@@H]([C@@H](C)CC/C=C(\C)C(=O)O)[C@]2(C)CC=C3C(=CCC4C(C)(C)C(=O)CC[C@@]34C)[C@@]12C. The van der Waals surface area contributed by atoms with Crippen molar-refractivity contribution in [2.75, 3.05) is 0 Å². The first-order valence-electron chi connectivity index (χ1n) is 14.1. The predicted molar refractivity (Wildman–Crippen MR) is 145 cm³/mol. The van der Waals surface area contributed by atoms with Crippen LogP contribution >= 0.6 is 0 Å². The van der Waals surface area contributed by atoms with E-state index in [0.29, 0.717) is 29.6 Å². The van der Waals surface area contributed by atoms with Crippen molar-refractivity contribution in [2.45, 2.75) is 106 Å². The summed E-state index contributed by atoms with van der Waals surface area (Å²) in [6, 6.07) is 0. The molecule has 37 heavy (non-hydrogen) atoms. The summed E-state index contributed by atoms with van der Waals surface area (Å²) in [5.41, 5.74) is 2.31. The molecular formula is C32H46O5. The summed E-state index contributed by atoms with van der Waals surface area (Å²) in [5, 5.41) is 9.22. The van der Waals surface area contributed by atoms with Crippen molar-refractivity contribution < 1.29 is 24.2 Å². The fourth-order valence-corrected chi connectivity index (χ4v) is 8.94. The van der Waals surface area contributed by atoms with Gasteiger partial charge in [0.25, 0.3) is 0 Å². The second-order valence-corrected chi connectivity index (χ2v) is 13.6. The van der Waals surface area contributed by atoms with Crippen molar-refractivity contribution >= 4 is 17.7 Å². The molecule has 5 nitrogen and oxygen atoms in total. The standard InChI is InChI=1S/C32H46O5/c1-19(10-9-11-20(2)28(35)36)24-18-27(37-21(3)33)32(8)23-12-13-25-29(4,5)26(34)15-16-30(25,6)22(23)14-17-31(24,32)7/h11-12,14,19,24-25,27H,9-10,13,15-18H2,1-8H3,(H,35,36)/b20-11+/t19-,24-,25?,27+,30-,31-,32-/m0/s1. The highest BCUT2D eigenvalue weighted by Crippen LogP contribution is 2.72. The van der Waals surface area contributed by atoms with Crippen LogP contribution in [0.3, 0.4) is 0 Å². The van der Waals surface area contributed by atoms with Crippen molar-refractivity contribution in [3.8, 4) is 0 Å². The zero-order chi connectivity index (χ0) is 27.6. The quantitative estimate of drug-likeness (QED) is 0.305. The molecule has 0 aromatic rings. The van der Waals surface area contributed by atoms with E-state index in [1.807, 2.05) is 6.08 Å². The minimum atomic E-state index is -0.864. The van der Waals surface area contributed by atoms with Crippen LogP contribution in [-0.4, -0.2) is 28.9 Å². The van der Waals surface area contributed by atoms with Gasteiger partial charge < -0.3 is 9.84 Å². The van der Waals surface area contributed by atoms with Gasteiger partial charge in [-0.05, 0) is 85.2 Å². The number of carboxylic acid groups (broad SMARTS) is 1. The molecule has 204 valence electrons. The molecule has 0 heterocycles. The number of ketones is 1. The van der Waals surface area contributed by atoms with E-state index in [2.05, 4.69) is 53.7 Å². The highest BCUT2D eigenvalue weighted by Gasteiger charge is 2.67. The summed E-state index contributed by atoms with van der Waals surface area (Å²) in [6.45, 7) is 16.8. The third-order valence-electron chi connectivity index (χ3n) is 11.5. The first-order valence-corrected chi connectivity index (χ1v) is 14.1. The summed E-state index contributed by atoms with van der Waals surface area (Å²) >= 11 is 0. The Morgan fingerprint density at radius 2 is 1.81 bits per heavy atom. The minimum absolute atomic E-state index is 0.0601. The fourth-order valence-electron chi connectivity index (χ4n) is 8.94. The number of Topliss-reactive ketones (excluding diaryl/α,β-unsaturated/α-hetero) is 1. The molecule has 4 rings (SSSR count). The average molecular weight is 511 g/mol. The second-order valence-electron chi connectivity index (χ2n) is 13.6. The van der Waals surface area contributed by atoms with Crippen LogP contribution in [0.4, 0.5) is 0 Å². The van der Waals surface area contributed by atoms with Crippen molar-refractivity contribution in [2.24, 2.45) is 39.4 Å². The van der Waals surface area contributed by atoms with Crippen molar-refractivity contribution in [3.63, 3.8) is 0 Å². The van der Waals surface area contributed by atoms with Crippen molar-refractivity contribution in [1.82, 2.24) is 0 Å². The maximum atomic E-state index is 12.9. The van der Waals surface area contributed by atoms with E-state index in [9.17, 15) is 19.5 Å². The molecule has 0 radical (unpaired) electrons. The van der Waals surface area contributed by atoms with Crippen molar-refractivity contribution in [3.05, 3.63) is 34.9 Å². The largest absolute Gasteiger partial charge is 0.478 e. The molecule has 1 N–H and O–H groups in total. The molecule has 1 unspecified atom stereocenters. The molecule has 2 fully saturated rings. The number of hydrogen-bond acceptors (Lipinski definition) is 4. The molecule has 5 heteroatoms. The molecule has 0 spiro atoms. The van der Waals surface area contributed by atoms with Gasteiger partial charge in [-0.2, -0.15) is 0 Å². The van der Waals surface area contributed by atoms with Crippen LogP contribution < -0.4 is 0 Å². The Labute approximate surface area is 222 Å². The molecule has 0 aliphatic heterocycles. The summed E-state index contributed by atoms with van der Waals surface area (Å²) in [7, 11) is 0. The van der Waals surface area contributed by atoms with E-state index < -0.39 is 5.97 Å². The van der Waals surface area contributed by atoms with E-state index in [4.69, 9.17) is 4.74 Å². The Morgan fingerprint density at radius 3 is 2.43 bits per heavy atom. The van der Waals surface area contributed by atoms with Gasteiger partial charge in [-0.15, -0.1) is 0 Å². The Bertz CT molecular complexity index is 1090. The number of ether oxygens (including phenoxy) is 1. The van der Waals surface area contributed by atoms with Gasteiger partial charge >= 0.3 is 11.9 Å². The van der Waals surface area contributed by atoms with Crippen LogP contribution in [0.15, 0.2) is 34.9 Å². The van der Waals surface area contributed by atoms with Gasteiger partial charge in [0.1, 0.15) is 11.9 Å². The summed E-state index contributed by atoms with van der Waals surface area (Å²) in [4.78, 5) is 36.4. The lowest BCUT2D eigenvalue weighted by molar-refractivity contribution is -0.152. The van der Waals surface area contributed by atoms with Crippen LogP contribution in [-0.2, 0) is 19.1 Å². The highest BCUT2D eigenvalue weighted by atomic mass is 16.5. The molecule has 0 saturated heterocycles. The third-order valence-corrected chi connectivity index (χ3v) is 11.5. The Balaban J connectivity index is 1.73. The Kier molecular flexibility index (Phi) is 6.95. The zero-order valence-corrected chi connectivity index (χ0v) is 24.1. The monoisotopic (exact) mass is 510 g/mol. The topological polar surface area (TPSA) is 80.7 Å². The lowest BCUT2D eigenvalue weighted by Crippen LogP contribution is -2.55. The zero-order valence-electron chi connectivity index (χ0n) is 24.1. The number of hydrogen-bond donors (Lipinski definition) is 1. The van der Waals surface area contributed by atoms with Gasteiger partial charge in [-0.25, -0.2) is 4.79 Å². The summed E-state index contributed by atoms with van der Waals surface area (Å²) in [6.07, 6.45) is 12.2. The molecule has 7 atom stereocenters. The molecule has 0 aromatic carbocycles. The van der Waals surface area contributed by atoms with Gasteiger partial charge in [0.15, 0.2) is 0 Å². The first-order chi connectivity index (χ1) is 17.1. The maximum absolute atomic E-state index is 12.9. The third kappa shape index (κ3) is 4.06. The van der Waals surface area contributed by atoms with Gasteiger partial charge in [-0.1, -0.05) is 59.8 Å². The summed E-state index contributed by atoms with van der Waals surface area (Å²) in [5.74, 6) is 0.251. The van der Waals surface area contributed by atoms with E-state index in [-0.39, 0.29) is 39.7 Å². The first kappa shape index (κ1) is 27.9. The molecular weight excluding hydrogens is 464 g/mol. The number of fused-ring (bicyclic) bond motifs is 5. The second kappa shape index (κ2) is 9.24. The Hall–Kier alpha value is -2.17. The van der Waals surface area contributed by atoms with Gasteiger partial charge in [0.2, 0.25) is 0 Å². The molecule has 2 saturated carbocycles. The number of carbonyl (C=O) groups is 3. The number of allylic oxidation sites excluding steroid dienone is 4. The lowest BCUT2D eigenvalue weighted by Gasteiger charge is -2.60. The minimum Gasteiger partial charge on any atom is -0.478 e. The van der Waals surface area contributed by atoms with Crippen LogP contribution in [0, 0.1) is 39.4 Å². The number of esters is 1. The molecule has 4 aliphatic rings. The highest BCUT2D eigenvalue weighted by molar-refractivity contribution is 5.86. The van der Waals surface area contributed by atoms with Crippen LogP contribution in [0.1, 0.15) is 100 Å². The van der Waals surface area contributed by atoms with E-state index in [1.165, 1.54) is 18.1 Å². The van der Waals surface area contributed by atoms with Gasteiger partial charge in [0, 0.05) is 29.7 Å². The van der Waals surface area contributed by atoms with Gasteiger partial charge in [0.05, 0.1) is 0 Å². The average Bonchev–Trinajstić information content (AvgIpc) is 3.03. The molecule has 0 amide bonds. The number of rotatable bonds is 6. The van der Waals surface area contributed by atoms with Crippen LogP contribution in [0.25, 0.3) is 0 Å². The fraction of sp³-hybridized carbons (Fsp3) is 0.719. The molecule has 0 bridgehead atoms. The molecule has 4 aliphatic carbocycles. The normalized spacial score (nSPS) is 39.5. The van der Waals surface area contributed by atoms with Crippen molar-refractivity contribution in [1.29, 1.82) is 0 Å². The summed E-state index contributed by atoms with van der Waals surface area (Å²) < 4.78 is 6.13. The number of carbonyl (C=O) groups excluding carboxylic acids is 2. The van der Waals surface area contributed by atoms with Crippen LogP contribution in [0.5, 0.6) is 0 Å².